The third-order valence-electron chi connectivity index (χ3n) is 3.47. The molecule has 1 fully saturated rings. The summed E-state index contributed by atoms with van der Waals surface area (Å²) in [5.41, 5.74) is 2.20. The second kappa shape index (κ2) is 5.32. The molecule has 1 aliphatic rings. The maximum Gasteiger partial charge on any atom is 0.163 e. The Kier molecular flexibility index (Phi) is 3.50. The fourth-order valence-corrected chi connectivity index (χ4v) is 2.50. The predicted octanol–water partition coefficient (Wildman–Crippen LogP) is 2.67. The van der Waals surface area contributed by atoms with Gasteiger partial charge in [0.15, 0.2) is 5.79 Å². The Morgan fingerprint density at radius 3 is 2.95 bits per heavy atom. The molecule has 2 aromatic rings. The van der Waals surface area contributed by atoms with Crippen LogP contribution in [0.4, 0.5) is 5.69 Å². The van der Waals surface area contributed by atoms with Gasteiger partial charge >= 0.3 is 0 Å². The van der Waals surface area contributed by atoms with Gasteiger partial charge in [0, 0.05) is 18.1 Å². The molecule has 0 bridgehead atoms. The van der Waals surface area contributed by atoms with Gasteiger partial charge in [-0.15, -0.1) is 0 Å². The van der Waals surface area contributed by atoms with Gasteiger partial charge in [-0.1, -0.05) is 18.2 Å². The molecule has 1 aromatic heterocycles. The number of hydrogen-bond donors (Lipinski definition) is 1. The quantitative estimate of drug-likeness (QED) is 0.938. The zero-order chi connectivity index (χ0) is 14.9. The molecule has 0 amide bonds. The number of para-hydroxylation sites is 1. The zero-order valence-corrected chi connectivity index (χ0v) is 12.1. The summed E-state index contributed by atoms with van der Waals surface area (Å²) in [7, 11) is 0. The number of fused-ring (bicyclic) bond motifs is 1. The van der Waals surface area contributed by atoms with Gasteiger partial charge in [-0.25, -0.2) is 0 Å². The highest BCUT2D eigenvalue weighted by atomic mass is 16.7. The summed E-state index contributed by atoms with van der Waals surface area (Å²) in [5.74, 6) is -0.537. The summed E-state index contributed by atoms with van der Waals surface area (Å²) in [6, 6.07) is 9.94. The number of aromatic nitrogens is 1. The van der Waals surface area contributed by atoms with Crippen LogP contribution in [0, 0.1) is 11.3 Å². The first-order chi connectivity index (χ1) is 10.1. The van der Waals surface area contributed by atoms with E-state index in [0.29, 0.717) is 18.7 Å². The van der Waals surface area contributed by atoms with E-state index in [1.54, 1.807) is 6.20 Å². The van der Waals surface area contributed by atoms with E-state index in [-0.39, 0.29) is 6.10 Å². The lowest BCUT2D eigenvalue weighted by molar-refractivity contribution is -0.136. The molecule has 1 aromatic carbocycles. The largest absolute Gasteiger partial charge is 0.381 e. The molecule has 1 atom stereocenters. The van der Waals surface area contributed by atoms with Gasteiger partial charge in [0.25, 0.3) is 0 Å². The van der Waals surface area contributed by atoms with Gasteiger partial charge in [-0.3, -0.25) is 4.98 Å². The third-order valence-corrected chi connectivity index (χ3v) is 3.47. The number of ether oxygens (including phenoxy) is 2. The minimum atomic E-state index is -0.537. The van der Waals surface area contributed by atoms with Crippen molar-refractivity contribution in [2.75, 3.05) is 18.5 Å². The molecule has 5 heteroatoms. The molecule has 5 nitrogen and oxygen atoms in total. The van der Waals surface area contributed by atoms with E-state index in [2.05, 4.69) is 16.4 Å². The number of nitriles is 1. The molecule has 1 unspecified atom stereocenters. The first-order valence-corrected chi connectivity index (χ1v) is 6.92. The minimum absolute atomic E-state index is 0.0292. The maximum absolute atomic E-state index is 9.27. The molecule has 1 aliphatic heterocycles. The highest BCUT2D eigenvalue weighted by Crippen LogP contribution is 2.27. The lowest BCUT2D eigenvalue weighted by Crippen LogP contribution is -2.26. The van der Waals surface area contributed by atoms with Crippen molar-refractivity contribution in [1.82, 2.24) is 4.98 Å². The molecule has 1 N–H and O–H groups in total. The zero-order valence-electron chi connectivity index (χ0n) is 12.1. The first-order valence-electron chi connectivity index (χ1n) is 6.92. The van der Waals surface area contributed by atoms with Crippen LogP contribution >= 0.6 is 0 Å². The SMILES string of the molecule is CC1(C)OCC(CNc2c(C#N)cnc3ccccc23)O1. The molecule has 108 valence electrons. The van der Waals surface area contributed by atoms with E-state index >= 15 is 0 Å². The molecule has 0 saturated carbocycles. The molecule has 3 rings (SSSR count). The number of hydrogen-bond acceptors (Lipinski definition) is 5. The Morgan fingerprint density at radius 2 is 2.24 bits per heavy atom. The monoisotopic (exact) mass is 283 g/mol. The molecule has 0 spiro atoms. The highest BCUT2D eigenvalue weighted by Gasteiger charge is 2.32. The summed E-state index contributed by atoms with van der Waals surface area (Å²) in [4.78, 5) is 4.30. The van der Waals surface area contributed by atoms with Gasteiger partial charge in [-0.2, -0.15) is 5.26 Å². The van der Waals surface area contributed by atoms with Gasteiger partial charge in [-0.05, 0) is 19.9 Å². The van der Waals surface area contributed by atoms with E-state index in [9.17, 15) is 5.26 Å². The number of anilines is 1. The lowest BCUT2D eigenvalue weighted by Gasteiger charge is -2.18. The van der Waals surface area contributed by atoms with Crippen molar-refractivity contribution in [3.8, 4) is 6.07 Å². The van der Waals surface area contributed by atoms with Crippen LogP contribution in [0.1, 0.15) is 19.4 Å². The fraction of sp³-hybridized carbons (Fsp3) is 0.375. The van der Waals surface area contributed by atoms with Crippen molar-refractivity contribution >= 4 is 16.6 Å². The van der Waals surface area contributed by atoms with Crippen LogP contribution in [-0.2, 0) is 9.47 Å². The van der Waals surface area contributed by atoms with E-state index in [1.165, 1.54) is 0 Å². The number of nitrogens with one attached hydrogen (secondary N) is 1. The summed E-state index contributed by atoms with van der Waals surface area (Å²) in [5, 5.41) is 13.5. The van der Waals surface area contributed by atoms with Crippen molar-refractivity contribution in [1.29, 1.82) is 5.26 Å². The van der Waals surface area contributed by atoms with Crippen molar-refractivity contribution in [2.24, 2.45) is 0 Å². The Balaban J connectivity index is 1.85. The van der Waals surface area contributed by atoms with Crippen molar-refractivity contribution in [2.45, 2.75) is 25.7 Å². The summed E-state index contributed by atoms with van der Waals surface area (Å²) < 4.78 is 11.3. The molecular weight excluding hydrogens is 266 g/mol. The standard InChI is InChI=1S/C16H17N3O2/c1-16(2)20-10-12(21-16)9-19-15-11(7-17)8-18-14-6-4-3-5-13(14)15/h3-6,8,12H,9-10H2,1-2H3,(H,18,19). The second-order valence-electron chi connectivity index (χ2n) is 5.51. The van der Waals surface area contributed by atoms with Crippen LogP contribution < -0.4 is 5.32 Å². The second-order valence-corrected chi connectivity index (χ2v) is 5.51. The molecular formula is C16H17N3O2. The summed E-state index contributed by atoms with van der Waals surface area (Å²) in [6.45, 7) is 4.93. The average Bonchev–Trinajstić information content (AvgIpc) is 2.84. The normalized spacial score (nSPS) is 20.3. The highest BCUT2D eigenvalue weighted by molar-refractivity contribution is 5.93. The van der Waals surface area contributed by atoms with Crippen molar-refractivity contribution in [3.63, 3.8) is 0 Å². The average molecular weight is 283 g/mol. The summed E-state index contributed by atoms with van der Waals surface area (Å²) >= 11 is 0. The van der Waals surface area contributed by atoms with Gasteiger partial charge in [0.05, 0.1) is 23.4 Å². The van der Waals surface area contributed by atoms with Crippen LogP contribution in [0.2, 0.25) is 0 Å². The topological polar surface area (TPSA) is 67.2 Å². The van der Waals surface area contributed by atoms with Gasteiger partial charge < -0.3 is 14.8 Å². The lowest BCUT2D eigenvalue weighted by atomic mass is 10.1. The van der Waals surface area contributed by atoms with E-state index in [0.717, 1.165) is 16.6 Å². The molecule has 0 radical (unpaired) electrons. The van der Waals surface area contributed by atoms with Crippen LogP contribution in [0.5, 0.6) is 0 Å². The van der Waals surface area contributed by atoms with Crippen molar-refractivity contribution in [3.05, 3.63) is 36.0 Å². The first kappa shape index (κ1) is 13.8. The number of pyridine rings is 1. The predicted molar refractivity (Wildman–Crippen MR) is 79.9 cm³/mol. The van der Waals surface area contributed by atoms with Crippen LogP contribution in [0.25, 0.3) is 10.9 Å². The Morgan fingerprint density at radius 1 is 1.43 bits per heavy atom. The maximum atomic E-state index is 9.27. The minimum Gasteiger partial charge on any atom is -0.381 e. The van der Waals surface area contributed by atoms with Crippen LogP contribution in [0.3, 0.4) is 0 Å². The Bertz CT molecular complexity index is 706. The number of rotatable bonds is 3. The molecule has 21 heavy (non-hydrogen) atoms. The molecule has 1 saturated heterocycles. The van der Waals surface area contributed by atoms with Gasteiger partial charge in [0.2, 0.25) is 0 Å². The Hall–Kier alpha value is -2.16. The van der Waals surface area contributed by atoms with E-state index in [1.807, 2.05) is 38.1 Å². The third kappa shape index (κ3) is 2.82. The van der Waals surface area contributed by atoms with Gasteiger partial charge in [0.1, 0.15) is 12.2 Å². The summed E-state index contributed by atoms with van der Waals surface area (Å²) in [6.07, 6.45) is 1.57. The van der Waals surface area contributed by atoms with Crippen molar-refractivity contribution < 1.29 is 9.47 Å². The molecule has 0 aliphatic carbocycles. The fourth-order valence-electron chi connectivity index (χ4n) is 2.50. The van der Waals surface area contributed by atoms with E-state index < -0.39 is 5.79 Å². The number of benzene rings is 1. The number of nitrogens with zero attached hydrogens (tertiary/aromatic N) is 2. The Labute approximate surface area is 123 Å². The van der Waals surface area contributed by atoms with Crippen LogP contribution in [-0.4, -0.2) is 30.0 Å². The molecule has 2 heterocycles. The van der Waals surface area contributed by atoms with E-state index in [4.69, 9.17) is 9.47 Å². The smallest absolute Gasteiger partial charge is 0.163 e. The van der Waals surface area contributed by atoms with Crippen LogP contribution in [0.15, 0.2) is 30.5 Å².